The molecule has 1 N–H and O–H groups in total. The van der Waals surface area contributed by atoms with Crippen LogP contribution in [-0.4, -0.2) is 43.9 Å². The number of nitrogens with zero attached hydrogens (tertiary/aromatic N) is 5. The van der Waals surface area contributed by atoms with Crippen molar-refractivity contribution in [3.8, 4) is 5.69 Å². The second-order valence-electron chi connectivity index (χ2n) is 6.51. The Kier molecular flexibility index (Phi) is 5.98. The number of rotatable bonds is 7. The van der Waals surface area contributed by atoms with Gasteiger partial charge in [-0.2, -0.15) is 5.10 Å². The number of carbonyl (C=O) groups is 1. The molecule has 3 aromatic rings. The lowest BCUT2D eigenvalue weighted by molar-refractivity contribution is -0.120. The van der Waals surface area contributed by atoms with Crippen LogP contribution in [0.4, 0.5) is 5.13 Å². The van der Waals surface area contributed by atoms with Gasteiger partial charge in [-0.25, -0.2) is 4.68 Å². The lowest BCUT2D eigenvalue weighted by atomic mass is 10.2. The van der Waals surface area contributed by atoms with Gasteiger partial charge in [-0.1, -0.05) is 36.5 Å². The molecule has 2 aromatic heterocycles. The first-order valence-electron chi connectivity index (χ1n) is 8.91. The standard InChI is InChI=1S/C19H24N6OS/c1-5-17-22-23-19(27-17)21-18(26)14(3)24(4)11-15-10-20-25(12-15)16-9-7-6-8-13(16)2/h6-10,12,14H,5,11H2,1-4H3,(H,21,23,26)/t14-/m0/s1. The summed E-state index contributed by atoms with van der Waals surface area (Å²) in [7, 11) is 1.92. The third-order valence-electron chi connectivity index (χ3n) is 4.47. The van der Waals surface area contributed by atoms with E-state index in [1.165, 1.54) is 11.3 Å². The molecule has 8 heteroatoms. The molecule has 2 heterocycles. The minimum absolute atomic E-state index is 0.0948. The topological polar surface area (TPSA) is 75.9 Å². The highest BCUT2D eigenvalue weighted by Crippen LogP contribution is 2.17. The van der Waals surface area contributed by atoms with Gasteiger partial charge in [0.2, 0.25) is 11.0 Å². The molecule has 0 radical (unpaired) electrons. The van der Waals surface area contributed by atoms with Crippen LogP contribution >= 0.6 is 11.3 Å². The molecule has 27 heavy (non-hydrogen) atoms. The number of carbonyl (C=O) groups excluding carboxylic acids is 1. The van der Waals surface area contributed by atoms with Crippen molar-refractivity contribution in [1.82, 2.24) is 24.9 Å². The van der Waals surface area contributed by atoms with Gasteiger partial charge < -0.3 is 0 Å². The van der Waals surface area contributed by atoms with Crippen LogP contribution in [0.5, 0.6) is 0 Å². The van der Waals surface area contributed by atoms with Gasteiger partial charge in [0.1, 0.15) is 5.01 Å². The molecule has 1 aromatic carbocycles. The first-order chi connectivity index (χ1) is 13.0. The Morgan fingerprint density at radius 2 is 2.11 bits per heavy atom. The Balaban J connectivity index is 1.62. The monoisotopic (exact) mass is 384 g/mol. The average molecular weight is 385 g/mol. The number of amides is 1. The molecular weight excluding hydrogens is 360 g/mol. The highest BCUT2D eigenvalue weighted by atomic mass is 32.1. The molecule has 1 amide bonds. The molecule has 1 atom stereocenters. The number of hydrogen-bond acceptors (Lipinski definition) is 6. The van der Waals surface area contributed by atoms with Crippen LogP contribution in [0, 0.1) is 6.92 Å². The highest BCUT2D eigenvalue weighted by Gasteiger charge is 2.20. The molecule has 0 saturated heterocycles. The quantitative estimate of drug-likeness (QED) is 0.678. The second-order valence-corrected chi connectivity index (χ2v) is 7.58. The van der Waals surface area contributed by atoms with Gasteiger partial charge in [-0.15, -0.1) is 10.2 Å². The van der Waals surface area contributed by atoms with Crippen molar-refractivity contribution >= 4 is 22.4 Å². The SMILES string of the molecule is CCc1nnc(NC(=O)[C@H](C)N(C)Cc2cnn(-c3ccccc3C)c2)s1. The molecule has 0 spiro atoms. The molecule has 0 aliphatic heterocycles. The van der Waals surface area contributed by atoms with Crippen molar-refractivity contribution in [3.05, 3.63) is 52.8 Å². The summed E-state index contributed by atoms with van der Waals surface area (Å²) in [5.41, 5.74) is 3.27. The molecule has 0 bridgehead atoms. The molecule has 0 fully saturated rings. The van der Waals surface area contributed by atoms with E-state index in [-0.39, 0.29) is 11.9 Å². The molecular formula is C19H24N6OS. The number of nitrogens with one attached hydrogen (secondary N) is 1. The van der Waals surface area contributed by atoms with E-state index in [9.17, 15) is 4.79 Å². The fraction of sp³-hybridized carbons (Fsp3) is 0.368. The molecule has 0 aliphatic carbocycles. The van der Waals surface area contributed by atoms with Crippen molar-refractivity contribution in [2.45, 2.75) is 39.8 Å². The molecule has 3 rings (SSSR count). The van der Waals surface area contributed by atoms with Gasteiger partial charge in [0.05, 0.1) is 17.9 Å². The number of benzene rings is 1. The Hall–Kier alpha value is -2.58. The van der Waals surface area contributed by atoms with Crippen LogP contribution in [0.25, 0.3) is 5.69 Å². The summed E-state index contributed by atoms with van der Waals surface area (Å²) < 4.78 is 1.87. The van der Waals surface area contributed by atoms with Crippen LogP contribution in [-0.2, 0) is 17.8 Å². The fourth-order valence-electron chi connectivity index (χ4n) is 2.68. The van der Waals surface area contributed by atoms with Crippen molar-refractivity contribution in [1.29, 1.82) is 0 Å². The third-order valence-corrected chi connectivity index (χ3v) is 5.45. The Morgan fingerprint density at radius 3 is 2.81 bits per heavy atom. The van der Waals surface area contributed by atoms with Gasteiger partial charge in [0.25, 0.3) is 0 Å². The number of likely N-dealkylation sites (N-methyl/N-ethyl adjacent to an activating group) is 1. The Bertz CT molecular complexity index is 918. The summed E-state index contributed by atoms with van der Waals surface area (Å²) in [4.78, 5) is 14.5. The predicted molar refractivity (Wildman–Crippen MR) is 107 cm³/mol. The summed E-state index contributed by atoms with van der Waals surface area (Å²) >= 11 is 1.41. The normalized spacial score (nSPS) is 12.3. The summed E-state index contributed by atoms with van der Waals surface area (Å²) in [6.45, 7) is 6.58. The molecule has 142 valence electrons. The zero-order valence-corrected chi connectivity index (χ0v) is 16.8. The van der Waals surface area contributed by atoms with E-state index in [2.05, 4.69) is 33.6 Å². The van der Waals surface area contributed by atoms with E-state index in [0.29, 0.717) is 11.7 Å². The minimum Gasteiger partial charge on any atom is -0.299 e. The highest BCUT2D eigenvalue weighted by molar-refractivity contribution is 7.15. The van der Waals surface area contributed by atoms with Crippen molar-refractivity contribution < 1.29 is 4.79 Å². The minimum atomic E-state index is -0.305. The van der Waals surface area contributed by atoms with Crippen LogP contribution in [0.1, 0.15) is 30.0 Å². The van der Waals surface area contributed by atoms with Crippen LogP contribution < -0.4 is 5.32 Å². The van der Waals surface area contributed by atoms with E-state index in [1.54, 1.807) is 0 Å². The molecule has 0 aliphatic rings. The van der Waals surface area contributed by atoms with Gasteiger partial charge in [-0.3, -0.25) is 15.0 Å². The summed E-state index contributed by atoms with van der Waals surface area (Å²) in [5.74, 6) is -0.0948. The van der Waals surface area contributed by atoms with E-state index in [4.69, 9.17) is 0 Å². The summed E-state index contributed by atoms with van der Waals surface area (Å²) in [6, 6.07) is 7.81. The number of hydrogen-bond donors (Lipinski definition) is 1. The van der Waals surface area contributed by atoms with Crippen LogP contribution in [0.2, 0.25) is 0 Å². The largest absolute Gasteiger partial charge is 0.299 e. The zero-order chi connectivity index (χ0) is 19.4. The first kappa shape index (κ1) is 19.2. The fourth-order valence-corrected chi connectivity index (χ4v) is 3.36. The van der Waals surface area contributed by atoms with E-state index < -0.39 is 0 Å². The summed E-state index contributed by atoms with van der Waals surface area (Å²) in [6.07, 6.45) is 4.65. The van der Waals surface area contributed by atoms with Gasteiger partial charge in [0, 0.05) is 18.3 Å². The van der Waals surface area contributed by atoms with E-state index in [1.807, 2.05) is 61.1 Å². The maximum Gasteiger partial charge on any atom is 0.243 e. The Morgan fingerprint density at radius 1 is 1.33 bits per heavy atom. The third kappa shape index (κ3) is 4.58. The van der Waals surface area contributed by atoms with Gasteiger partial charge in [0.15, 0.2) is 0 Å². The Labute approximate surface area is 163 Å². The second kappa shape index (κ2) is 8.41. The maximum atomic E-state index is 12.5. The molecule has 7 nitrogen and oxygen atoms in total. The van der Waals surface area contributed by atoms with Gasteiger partial charge in [-0.05, 0) is 38.9 Å². The first-order valence-corrected chi connectivity index (χ1v) is 9.72. The number of aryl methyl sites for hydroxylation is 2. The van der Waals surface area contributed by atoms with Crippen LogP contribution in [0.15, 0.2) is 36.7 Å². The molecule has 0 saturated carbocycles. The summed E-state index contributed by atoms with van der Waals surface area (Å²) in [5, 5.41) is 16.8. The zero-order valence-electron chi connectivity index (χ0n) is 16.0. The van der Waals surface area contributed by atoms with E-state index >= 15 is 0 Å². The number of para-hydroxylation sites is 1. The smallest absolute Gasteiger partial charge is 0.243 e. The van der Waals surface area contributed by atoms with Gasteiger partial charge >= 0.3 is 0 Å². The van der Waals surface area contributed by atoms with Crippen molar-refractivity contribution in [2.24, 2.45) is 0 Å². The maximum absolute atomic E-state index is 12.5. The van der Waals surface area contributed by atoms with Crippen molar-refractivity contribution in [2.75, 3.05) is 12.4 Å². The predicted octanol–water partition coefficient (Wildman–Crippen LogP) is 3.05. The van der Waals surface area contributed by atoms with Crippen LogP contribution in [0.3, 0.4) is 0 Å². The average Bonchev–Trinajstić information content (AvgIpc) is 3.30. The lowest BCUT2D eigenvalue weighted by Crippen LogP contribution is -2.39. The number of aromatic nitrogens is 4. The molecule has 0 unspecified atom stereocenters. The van der Waals surface area contributed by atoms with E-state index in [0.717, 1.165) is 28.2 Å². The lowest BCUT2D eigenvalue weighted by Gasteiger charge is -2.22. The van der Waals surface area contributed by atoms with Crippen molar-refractivity contribution in [3.63, 3.8) is 0 Å². The number of anilines is 1.